The van der Waals surface area contributed by atoms with Crippen LogP contribution in [0.4, 0.5) is 13.2 Å². The van der Waals surface area contributed by atoms with Crippen LogP contribution < -0.4 is 0 Å². The molecule has 6 nitrogen and oxygen atoms in total. The van der Waals surface area contributed by atoms with E-state index in [1.807, 2.05) is 6.07 Å². The summed E-state index contributed by atoms with van der Waals surface area (Å²) in [7, 11) is 0.957. The van der Waals surface area contributed by atoms with Crippen LogP contribution in [0.2, 0.25) is 0 Å². The van der Waals surface area contributed by atoms with Gasteiger partial charge in [0.05, 0.1) is 24.4 Å². The second-order valence-corrected chi connectivity index (χ2v) is 3.85. The molecule has 1 aromatic carbocycles. The highest BCUT2D eigenvalue weighted by Gasteiger charge is 2.41. The molecule has 2 rings (SSSR count). The molecule has 21 heavy (non-hydrogen) atoms. The molecule has 0 spiro atoms. The molecule has 1 heterocycles. The van der Waals surface area contributed by atoms with Crippen LogP contribution in [-0.2, 0) is 10.9 Å². The second kappa shape index (κ2) is 5.24. The van der Waals surface area contributed by atoms with E-state index in [9.17, 15) is 18.0 Å². The van der Waals surface area contributed by atoms with Crippen LogP contribution in [0.25, 0.3) is 5.69 Å². The highest BCUT2D eigenvalue weighted by atomic mass is 19.4. The van der Waals surface area contributed by atoms with Crippen molar-refractivity contribution in [2.75, 3.05) is 7.11 Å². The molecule has 0 bridgehead atoms. The standard InChI is InChI=1S/C12H7F3N4O2/c1-21-11(20)9-10(12(13,14)15)17-18-19(9)8-4-2-7(6-16)3-5-8/h2-5H,1H3. The van der Waals surface area contributed by atoms with E-state index < -0.39 is 23.5 Å². The van der Waals surface area contributed by atoms with E-state index in [0.717, 1.165) is 11.8 Å². The number of esters is 1. The summed E-state index contributed by atoms with van der Waals surface area (Å²) in [4.78, 5) is 11.6. The van der Waals surface area contributed by atoms with Crippen molar-refractivity contribution in [1.29, 1.82) is 5.26 Å². The Morgan fingerprint density at radius 2 is 1.95 bits per heavy atom. The molecule has 108 valence electrons. The Morgan fingerprint density at radius 1 is 1.33 bits per heavy atom. The molecule has 0 saturated carbocycles. The molecule has 0 aliphatic carbocycles. The summed E-state index contributed by atoms with van der Waals surface area (Å²) in [6.07, 6.45) is -4.84. The van der Waals surface area contributed by atoms with Gasteiger partial charge >= 0.3 is 12.1 Å². The topological polar surface area (TPSA) is 80.8 Å². The number of carbonyl (C=O) groups is 1. The number of aromatic nitrogens is 3. The van der Waals surface area contributed by atoms with Gasteiger partial charge in [0.25, 0.3) is 0 Å². The number of ether oxygens (including phenoxy) is 1. The number of benzene rings is 1. The molecule has 1 aromatic heterocycles. The molecule has 0 N–H and O–H groups in total. The highest BCUT2D eigenvalue weighted by Crippen LogP contribution is 2.31. The zero-order chi connectivity index (χ0) is 15.6. The zero-order valence-corrected chi connectivity index (χ0v) is 10.5. The van der Waals surface area contributed by atoms with Gasteiger partial charge in [-0.15, -0.1) is 5.10 Å². The number of carbonyl (C=O) groups excluding carboxylic acids is 1. The predicted octanol–water partition coefficient (Wildman–Crippen LogP) is 1.94. The summed E-state index contributed by atoms with van der Waals surface area (Å²) < 4.78 is 43.5. The number of halogens is 3. The molecule has 0 radical (unpaired) electrons. The maximum absolute atomic E-state index is 12.8. The van der Waals surface area contributed by atoms with Gasteiger partial charge in [-0.05, 0) is 24.3 Å². The molecular formula is C12H7F3N4O2. The van der Waals surface area contributed by atoms with Crippen molar-refractivity contribution < 1.29 is 22.7 Å². The van der Waals surface area contributed by atoms with Gasteiger partial charge in [0, 0.05) is 0 Å². The Balaban J connectivity index is 2.61. The van der Waals surface area contributed by atoms with Gasteiger partial charge in [-0.1, -0.05) is 5.21 Å². The fourth-order valence-electron chi connectivity index (χ4n) is 1.61. The van der Waals surface area contributed by atoms with Gasteiger partial charge in [0.2, 0.25) is 5.69 Å². The average molecular weight is 296 g/mol. The maximum atomic E-state index is 12.8. The molecule has 0 aliphatic heterocycles. The van der Waals surface area contributed by atoms with Crippen molar-refractivity contribution in [3.8, 4) is 11.8 Å². The summed E-state index contributed by atoms with van der Waals surface area (Å²) in [6, 6.07) is 7.32. The van der Waals surface area contributed by atoms with Gasteiger partial charge in [-0.25, -0.2) is 9.48 Å². The number of nitrogens with zero attached hydrogens (tertiary/aromatic N) is 4. The van der Waals surface area contributed by atoms with Crippen LogP contribution in [-0.4, -0.2) is 28.1 Å². The normalized spacial score (nSPS) is 11.0. The quantitative estimate of drug-likeness (QED) is 0.791. The first-order valence-corrected chi connectivity index (χ1v) is 5.50. The monoisotopic (exact) mass is 296 g/mol. The minimum atomic E-state index is -4.84. The Hall–Kier alpha value is -2.89. The van der Waals surface area contributed by atoms with E-state index in [4.69, 9.17) is 5.26 Å². The van der Waals surface area contributed by atoms with E-state index >= 15 is 0 Å². The minimum Gasteiger partial charge on any atom is -0.464 e. The number of rotatable bonds is 2. The highest BCUT2D eigenvalue weighted by molar-refractivity contribution is 5.89. The summed E-state index contributed by atoms with van der Waals surface area (Å²) in [5.41, 5.74) is -1.79. The Bertz CT molecular complexity index is 714. The number of hydrogen-bond acceptors (Lipinski definition) is 5. The SMILES string of the molecule is COC(=O)c1c(C(F)(F)F)nnn1-c1ccc(C#N)cc1. The molecule has 0 atom stereocenters. The van der Waals surface area contributed by atoms with E-state index in [1.54, 1.807) is 0 Å². The second-order valence-electron chi connectivity index (χ2n) is 3.85. The van der Waals surface area contributed by atoms with Crippen molar-refractivity contribution in [2.24, 2.45) is 0 Å². The van der Waals surface area contributed by atoms with Gasteiger partial charge in [0.1, 0.15) is 0 Å². The fourth-order valence-corrected chi connectivity index (χ4v) is 1.61. The average Bonchev–Trinajstić information content (AvgIpc) is 2.91. The Kier molecular flexibility index (Phi) is 3.62. The largest absolute Gasteiger partial charge is 0.464 e. The maximum Gasteiger partial charge on any atom is 0.437 e. The fraction of sp³-hybridized carbons (Fsp3) is 0.167. The third-order valence-electron chi connectivity index (χ3n) is 2.56. The van der Waals surface area contributed by atoms with E-state index in [1.165, 1.54) is 24.3 Å². The van der Waals surface area contributed by atoms with Gasteiger partial charge < -0.3 is 4.74 Å². The van der Waals surface area contributed by atoms with Crippen LogP contribution >= 0.6 is 0 Å². The predicted molar refractivity (Wildman–Crippen MR) is 62.4 cm³/mol. The molecule has 0 unspecified atom stereocenters. The summed E-state index contributed by atoms with van der Waals surface area (Å²) >= 11 is 0. The first kappa shape index (κ1) is 14.5. The van der Waals surface area contributed by atoms with Crippen molar-refractivity contribution in [3.63, 3.8) is 0 Å². The Morgan fingerprint density at radius 3 is 2.43 bits per heavy atom. The molecule has 0 aliphatic rings. The van der Waals surface area contributed by atoms with E-state index in [0.29, 0.717) is 5.56 Å². The molecule has 0 saturated heterocycles. The first-order valence-electron chi connectivity index (χ1n) is 5.50. The van der Waals surface area contributed by atoms with Crippen LogP contribution in [0.1, 0.15) is 21.7 Å². The first-order chi connectivity index (χ1) is 9.88. The summed E-state index contributed by atoms with van der Waals surface area (Å²) in [6.45, 7) is 0. The van der Waals surface area contributed by atoms with Gasteiger partial charge in [0.15, 0.2) is 5.69 Å². The lowest BCUT2D eigenvalue weighted by molar-refractivity contribution is -0.141. The number of hydrogen-bond donors (Lipinski definition) is 0. The van der Waals surface area contributed by atoms with Crippen LogP contribution in [0.15, 0.2) is 24.3 Å². The smallest absolute Gasteiger partial charge is 0.437 e. The molecule has 0 fully saturated rings. The van der Waals surface area contributed by atoms with Crippen LogP contribution in [0.5, 0.6) is 0 Å². The van der Waals surface area contributed by atoms with Crippen LogP contribution in [0, 0.1) is 11.3 Å². The molecule has 0 amide bonds. The third-order valence-corrected chi connectivity index (χ3v) is 2.56. The lowest BCUT2D eigenvalue weighted by Gasteiger charge is -2.07. The lowest BCUT2D eigenvalue weighted by Crippen LogP contribution is -2.17. The van der Waals surface area contributed by atoms with E-state index in [2.05, 4.69) is 15.0 Å². The van der Waals surface area contributed by atoms with E-state index in [-0.39, 0.29) is 5.69 Å². The lowest BCUT2D eigenvalue weighted by atomic mass is 10.2. The van der Waals surface area contributed by atoms with Crippen molar-refractivity contribution in [3.05, 3.63) is 41.2 Å². The Labute approximate surface area is 116 Å². The number of methoxy groups -OCH3 is 1. The number of nitriles is 1. The van der Waals surface area contributed by atoms with Crippen molar-refractivity contribution in [1.82, 2.24) is 15.0 Å². The van der Waals surface area contributed by atoms with Gasteiger partial charge in [-0.3, -0.25) is 0 Å². The minimum absolute atomic E-state index is 0.150. The molecule has 9 heteroatoms. The van der Waals surface area contributed by atoms with Crippen molar-refractivity contribution in [2.45, 2.75) is 6.18 Å². The molecule has 2 aromatic rings. The van der Waals surface area contributed by atoms with Crippen LogP contribution in [0.3, 0.4) is 0 Å². The molecular weight excluding hydrogens is 289 g/mol. The number of alkyl halides is 3. The van der Waals surface area contributed by atoms with Crippen molar-refractivity contribution >= 4 is 5.97 Å². The summed E-state index contributed by atoms with van der Waals surface area (Å²) in [5, 5.41) is 15.0. The summed E-state index contributed by atoms with van der Waals surface area (Å²) in [5.74, 6) is -1.21. The third kappa shape index (κ3) is 2.69. The van der Waals surface area contributed by atoms with Gasteiger partial charge in [-0.2, -0.15) is 18.4 Å². The zero-order valence-electron chi connectivity index (χ0n) is 10.5.